The van der Waals surface area contributed by atoms with Gasteiger partial charge in [0.15, 0.2) is 0 Å². The van der Waals surface area contributed by atoms with Crippen LogP contribution in [-0.2, 0) is 6.67 Å². The standard InChI is InChI=1S/C22H22N4/c1-16-7-11-19(12-8-16)25(20-13-9-17(2)10-14-20)15-26-21-6-4-5-18(3)22(21)23-24-26/h4-14H,15H2,1-3H3. The molecule has 0 bridgehead atoms. The molecule has 0 spiro atoms. The molecule has 4 aromatic rings. The van der Waals surface area contributed by atoms with Gasteiger partial charge < -0.3 is 4.90 Å². The molecule has 0 unspecified atom stereocenters. The monoisotopic (exact) mass is 342 g/mol. The fourth-order valence-corrected chi connectivity index (χ4v) is 3.13. The molecule has 4 rings (SSSR count). The van der Waals surface area contributed by atoms with Crippen LogP contribution in [0.15, 0.2) is 66.7 Å². The van der Waals surface area contributed by atoms with Crippen molar-refractivity contribution in [1.82, 2.24) is 15.0 Å². The SMILES string of the molecule is Cc1ccc(N(Cn2nnc3c(C)cccc32)c2ccc(C)cc2)cc1. The van der Waals surface area contributed by atoms with E-state index in [1.807, 2.05) is 4.68 Å². The van der Waals surface area contributed by atoms with Gasteiger partial charge >= 0.3 is 0 Å². The predicted octanol–water partition coefficient (Wildman–Crippen LogP) is 5.15. The number of benzene rings is 3. The third kappa shape index (κ3) is 3.06. The number of aryl methyl sites for hydroxylation is 3. The second-order valence-electron chi connectivity index (χ2n) is 6.77. The maximum absolute atomic E-state index is 4.41. The van der Waals surface area contributed by atoms with Gasteiger partial charge in [-0.3, -0.25) is 0 Å². The molecule has 0 aliphatic rings. The molecule has 0 aliphatic carbocycles. The Kier molecular flexibility index (Phi) is 4.17. The Bertz CT molecular complexity index is 985. The van der Waals surface area contributed by atoms with Crippen molar-refractivity contribution in [3.63, 3.8) is 0 Å². The molecule has 0 atom stereocenters. The minimum atomic E-state index is 0.603. The van der Waals surface area contributed by atoms with Gasteiger partial charge in [-0.15, -0.1) is 5.10 Å². The van der Waals surface area contributed by atoms with Crippen LogP contribution in [0.5, 0.6) is 0 Å². The number of hydrogen-bond donors (Lipinski definition) is 0. The minimum Gasteiger partial charge on any atom is -0.321 e. The van der Waals surface area contributed by atoms with Crippen LogP contribution in [0.1, 0.15) is 16.7 Å². The van der Waals surface area contributed by atoms with Crippen LogP contribution in [0.2, 0.25) is 0 Å². The number of rotatable bonds is 4. The summed E-state index contributed by atoms with van der Waals surface area (Å²) in [4.78, 5) is 2.26. The molecule has 4 nitrogen and oxygen atoms in total. The lowest BCUT2D eigenvalue weighted by Gasteiger charge is -2.25. The summed E-state index contributed by atoms with van der Waals surface area (Å²) >= 11 is 0. The van der Waals surface area contributed by atoms with E-state index in [1.165, 1.54) is 11.1 Å². The molecular weight excluding hydrogens is 320 g/mol. The molecule has 0 amide bonds. The van der Waals surface area contributed by atoms with Gasteiger partial charge in [0, 0.05) is 11.4 Å². The summed E-state index contributed by atoms with van der Waals surface area (Å²) < 4.78 is 1.96. The first-order valence-electron chi connectivity index (χ1n) is 8.81. The molecule has 3 aromatic carbocycles. The Balaban J connectivity index is 1.78. The van der Waals surface area contributed by atoms with Crippen LogP contribution in [-0.4, -0.2) is 15.0 Å². The van der Waals surface area contributed by atoms with Crippen molar-refractivity contribution in [3.05, 3.63) is 83.4 Å². The summed E-state index contributed by atoms with van der Waals surface area (Å²) in [6.07, 6.45) is 0. The van der Waals surface area contributed by atoms with Gasteiger partial charge in [-0.1, -0.05) is 52.7 Å². The third-order valence-corrected chi connectivity index (χ3v) is 4.71. The first kappa shape index (κ1) is 16.3. The molecule has 0 N–H and O–H groups in total. The molecule has 1 heterocycles. The van der Waals surface area contributed by atoms with E-state index in [-0.39, 0.29) is 0 Å². The summed E-state index contributed by atoms with van der Waals surface area (Å²) in [7, 11) is 0. The molecule has 0 radical (unpaired) electrons. The smallest absolute Gasteiger partial charge is 0.119 e. The van der Waals surface area contributed by atoms with Crippen LogP contribution in [0.4, 0.5) is 11.4 Å². The van der Waals surface area contributed by atoms with E-state index >= 15 is 0 Å². The van der Waals surface area contributed by atoms with Crippen LogP contribution in [0.25, 0.3) is 11.0 Å². The Morgan fingerprint density at radius 2 is 1.35 bits per heavy atom. The van der Waals surface area contributed by atoms with E-state index in [2.05, 4.69) is 103 Å². The second kappa shape index (κ2) is 6.64. The van der Waals surface area contributed by atoms with E-state index in [0.29, 0.717) is 6.67 Å². The Morgan fingerprint density at radius 3 is 1.92 bits per heavy atom. The van der Waals surface area contributed by atoms with Gasteiger partial charge in [0.1, 0.15) is 12.2 Å². The number of hydrogen-bond acceptors (Lipinski definition) is 3. The van der Waals surface area contributed by atoms with E-state index in [9.17, 15) is 0 Å². The van der Waals surface area contributed by atoms with Crippen LogP contribution < -0.4 is 4.90 Å². The van der Waals surface area contributed by atoms with Crippen molar-refractivity contribution in [1.29, 1.82) is 0 Å². The lowest BCUT2D eigenvalue weighted by atomic mass is 10.1. The molecule has 0 fully saturated rings. The molecule has 26 heavy (non-hydrogen) atoms. The zero-order valence-corrected chi connectivity index (χ0v) is 15.3. The van der Waals surface area contributed by atoms with Gasteiger partial charge in [-0.2, -0.15) is 0 Å². The average Bonchev–Trinajstić information content (AvgIpc) is 3.06. The third-order valence-electron chi connectivity index (χ3n) is 4.71. The molecular formula is C22H22N4. The zero-order valence-electron chi connectivity index (χ0n) is 15.3. The molecule has 1 aromatic heterocycles. The zero-order chi connectivity index (χ0) is 18.1. The van der Waals surface area contributed by atoms with Gasteiger partial charge in [0.2, 0.25) is 0 Å². The largest absolute Gasteiger partial charge is 0.321 e. The Morgan fingerprint density at radius 1 is 0.769 bits per heavy atom. The first-order chi connectivity index (χ1) is 12.6. The van der Waals surface area contributed by atoms with Gasteiger partial charge in [-0.05, 0) is 56.7 Å². The highest BCUT2D eigenvalue weighted by atomic mass is 15.5. The molecule has 130 valence electrons. The van der Waals surface area contributed by atoms with Gasteiger partial charge in [0.25, 0.3) is 0 Å². The van der Waals surface area contributed by atoms with Crippen LogP contribution >= 0.6 is 0 Å². The van der Waals surface area contributed by atoms with E-state index in [4.69, 9.17) is 0 Å². The normalized spacial score (nSPS) is 11.0. The van der Waals surface area contributed by atoms with E-state index < -0.39 is 0 Å². The number of fused-ring (bicyclic) bond motifs is 1. The highest BCUT2D eigenvalue weighted by Crippen LogP contribution is 2.27. The summed E-state index contributed by atoms with van der Waals surface area (Å²) in [5, 5.41) is 8.78. The summed E-state index contributed by atoms with van der Waals surface area (Å²) in [6, 6.07) is 23.4. The molecule has 0 saturated carbocycles. The maximum Gasteiger partial charge on any atom is 0.119 e. The summed E-state index contributed by atoms with van der Waals surface area (Å²) in [5.41, 5.74) is 7.92. The van der Waals surface area contributed by atoms with Crippen molar-refractivity contribution < 1.29 is 0 Å². The highest BCUT2D eigenvalue weighted by Gasteiger charge is 2.13. The maximum atomic E-state index is 4.41. The molecule has 0 saturated heterocycles. The molecule has 0 aliphatic heterocycles. The van der Waals surface area contributed by atoms with Crippen LogP contribution in [0.3, 0.4) is 0 Å². The summed E-state index contributed by atoms with van der Waals surface area (Å²) in [6.45, 7) is 6.88. The topological polar surface area (TPSA) is 34.0 Å². The second-order valence-corrected chi connectivity index (χ2v) is 6.77. The Labute approximate surface area is 153 Å². The lowest BCUT2D eigenvalue weighted by Crippen LogP contribution is -2.22. The Hall–Kier alpha value is -3.14. The average molecular weight is 342 g/mol. The summed E-state index contributed by atoms with van der Waals surface area (Å²) in [5.74, 6) is 0. The van der Waals surface area contributed by atoms with Crippen molar-refractivity contribution in [2.75, 3.05) is 4.90 Å². The van der Waals surface area contributed by atoms with E-state index in [0.717, 1.165) is 28.0 Å². The van der Waals surface area contributed by atoms with Crippen LogP contribution in [0, 0.1) is 20.8 Å². The lowest BCUT2D eigenvalue weighted by molar-refractivity contribution is 0.614. The minimum absolute atomic E-state index is 0.603. The quantitative estimate of drug-likeness (QED) is 0.514. The van der Waals surface area contributed by atoms with Crippen molar-refractivity contribution in [3.8, 4) is 0 Å². The number of anilines is 2. The predicted molar refractivity (Wildman–Crippen MR) is 107 cm³/mol. The number of aromatic nitrogens is 3. The fraction of sp³-hybridized carbons (Fsp3) is 0.182. The van der Waals surface area contributed by atoms with Crippen molar-refractivity contribution >= 4 is 22.4 Å². The van der Waals surface area contributed by atoms with Crippen molar-refractivity contribution in [2.45, 2.75) is 27.4 Å². The highest BCUT2D eigenvalue weighted by molar-refractivity contribution is 5.78. The van der Waals surface area contributed by atoms with Crippen molar-refractivity contribution in [2.24, 2.45) is 0 Å². The van der Waals surface area contributed by atoms with E-state index in [1.54, 1.807) is 0 Å². The first-order valence-corrected chi connectivity index (χ1v) is 8.81. The number of nitrogens with zero attached hydrogens (tertiary/aromatic N) is 4. The molecule has 4 heteroatoms. The van der Waals surface area contributed by atoms with Gasteiger partial charge in [0.05, 0.1) is 5.52 Å². The fourth-order valence-electron chi connectivity index (χ4n) is 3.13. The van der Waals surface area contributed by atoms with Gasteiger partial charge in [-0.25, -0.2) is 4.68 Å².